The molecule has 4 rings (SSSR count). The maximum absolute atomic E-state index is 13.1. The van der Waals surface area contributed by atoms with Crippen molar-refractivity contribution in [1.29, 1.82) is 0 Å². The number of aliphatic hydroxyl groups excluding tert-OH is 1. The molecule has 1 aromatic rings. The van der Waals surface area contributed by atoms with Gasteiger partial charge in [-0.1, -0.05) is 12.2 Å². The van der Waals surface area contributed by atoms with Gasteiger partial charge in [0.2, 0.25) is 5.91 Å². The molecule has 0 bridgehead atoms. The number of halogens is 3. The van der Waals surface area contributed by atoms with Gasteiger partial charge in [0.15, 0.2) is 0 Å². The summed E-state index contributed by atoms with van der Waals surface area (Å²) in [5, 5.41) is 13.0. The minimum Gasteiger partial charge on any atom is -0.396 e. The van der Waals surface area contributed by atoms with Crippen molar-refractivity contribution < 1.29 is 23.1 Å². The number of nitrogens with one attached hydrogen (secondary N) is 1. The molecule has 3 aliphatic rings. The van der Waals surface area contributed by atoms with Crippen molar-refractivity contribution in [2.75, 3.05) is 19.7 Å². The van der Waals surface area contributed by atoms with Crippen molar-refractivity contribution >= 4 is 12.0 Å². The molecular formula is C22H28F3N3O3. The first-order valence-electron chi connectivity index (χ1n) is 10.8. The van der Waals surface area contributed by atoms with E-state index in [1.165, 1.54) is 0 Å². The molecule has 4 atom stereocenters. The van der Waals surface area contributed by atoms with Gasteiger partial charge in [-0.25, -0.2) is 0 Å². The summed E-state index contributed by atoms with van der Waals surface area (Å²) in [5.41, 5.74) is 0.918. The smallest absolute Gasteiger partial charge is 0.390 e. The number of hydrogen-bond donors (Lipinski definition) is 2. The highest BCUT2D eigenvalue weighted by Crippen LogP contribution is 2.49. The summed E-state index contributed by atoms with van der Waals surface area (Å²) in [5.74, 6) is -0.738. The van der Waals surface area contributed by atoms with Crippen molar-refractivity contribution in [3.05, 3.63) is 39.8 Å². The maximum atomic E-state index is 13.1. The van der Waals surface area contributed by atoms with E-state index in [0.29, 0.717) is 23.7 Å². The molecule has 0 spiro atoms. The van der Waals surface area contributed by atoms with Gasteiger partial charge >= 0.3 is 6.18 Å². The molecule has 0 aromatic carbocycles. The number of nitrogens with zero attached hydrogens (tertiary/aromatic N) is 2. The highest BCUT2D eigenvalue weighted by molar-refractivity contribution is 5.82. The van der Waals surface area contributed by atoms with Crippen LogP contribution in [0.2, 0.25) is 0 Å². The Hall–Kier alpha value is -2.13. The quantitative estimate of drug-likeness (QED) is 0.684. The molecule has 2 N–H and O–H groups in total. The Morgan fingerprint density at radius 1 is 1.32 bits per heavy atom. The average molecular weight is 439 g/mol. The van der Waals surface area contributed by atoms with Crippen LogP contribution in [0.1, 0.15) is 43.5 Å². The summed E-state index contributed by atoms with van der Waals surface area (Å²) in [7, 11) is 0. The van der Waals surface area contributed by atoms with E-state index in [9.17, 15) is 27.9 Å². The van der Waals surface area contributed by atoms with Crippen molar-refractivity contribution in [2.24, 2.45) is 17.8 Å². The molecule has 1 amide bonds. The first-order chi connectivity index (χ1) is 14.7. The number of pyridine rings is 1. The minimum absolute atomic E-state index is 0.202. The van der Waals surface area contributed by atoms with E-state index < -0.39 is 30.6 Å². The molecule has 2 aliphatic heterocycles. The zero-order chi connectivity index (χ0) is 22.3. The van der Waals surface area contributed by atoms with E-state index in [0.717, 1.165) is 12.8 Å². The predicted octanol–water partition coefficient (Wildman–Crippen LogP) is 2.32. The van der Waals surface area contributed by atoms with Gasteiger partial charge in [0, 0.05) is 49.3 Å². The summed E-state index contributed by atoms with van der Waals surface area (Å²) in [6, 6.07) is 2.08. The summed E-state index contributed by atoms with van der Waals surface area (Å²) in [6.07, 6.45) is 0.122. The third-order valence-corrected chi connectivity index (χ3v) is 6.75. The molecule has 6 nitrogen and oxygen atoms in total. The Labute approximate surface area is 178 Å². The van der Waals surface area contributed by atoms with Crippen LogP contribution in [0.15, 0.2) is 23.0 Å². The third kappa shape index (κ3) is 4.30. The van der Waals surface area contributed by atoms with E-state index in [-0.39, 0.29) is 37.1 Å². The van der Waals surface area contributed by atoms with Crippen LogP contribution >= 0.6 is 0 Å². The molecule has 1 saturated heterocycles. The fourth-order valence-electron chi connectivity index (χ4n) is 5.12. The zero-order valence-electron chi connectivity index (χ0n) is 17.4. The number of amides is 1. The Morgan fingerprint density at radius 3 is 2.68 bits per heavy atom. The Bertz CT molecular complexity index is 923. The van der Waals surface area contributed by atoms with Crippen LogP contribution in [0.4, 0.5) is 13.2 Å². The lowest BCUT2D eigenvalue weighted by molar-refractivity contribution is -0.143. The number of alkyl halides is 3. The maximum Gasteiger partial charge on any atom is 0.390 e. The van der Waals surface area contributed by atoms with Crippen LogP contribution in [-0.4, -0.2) is 52.4 Å². The number of allylic oxidation sites excluding steroid dienone is 1. The van der Waals surface area contributed by atoms with Crippen LogP contribution in [0.3, 0.4) is 0 Å². The Kier molecular flexibility index (Phi) is 6.00. The van der Waals surface area contributed by atoms with Gasteiger partial charge in [-0.05, 0) is 37.8 Å². The van der Waals surface area contributed by atoms with Crippen LogP contribution in [0.5, 0.6) is 0 Å². The molecule has 170 valence electrons. The number of aliphatic hydroxyl groups is 1. The number of carbonyl (C=O) groups excluding carboxylic acids is 1. The molecule has 9 heteroatoms. The zero-order valence-corrected chi connectivity index (χ0v) is 17.4. The van der Waals surface area contributed by atoms with Crippen LogP contribution in [0.25, 0.3) is 6.08 Å². The molecule has 3 heterocycles. The number of hydrogen-bond acceptors (Lipinski definition) is 4. The van der Waals surface area contributed by atoms with Crippen molar-refractivity contribution in [3.8, 4) is 0 Å². The van der Waals surface area contributed by atoms with E-state index in [2.05, 4.69) is 5.32 Å². The molecular weight excluding hydrogens is 411 g/mol. The SMILES string of the molecule is C/C=C\c1ccc2n(c1=O)C[C@H]1[C@H](CO)[C@@H](C(=O)NCC3CC3)N(CCC(F)(F)F)[C@@H]21. The minimum atomic E-state index is -4.37. The van der Waals surface area contributed by atoms with Gasteiger partial charge in [-0.15, -0.1) is 0 Å². The molecule has 1 aliphatic carbocycles. The molecule has 31 heavy (non-hydrogen) atoms. The van der Waals surface area contributed by atoms with Crippen molar-refractivity contribution in [2.45, 2.75) is 51.0 Å². The van der Waals surface area contributed by atoms with Gasteiger partial charge in [0.05, 0.1) is 18.5 Å². The standard InChI is InChI=1S/C22H28F3N3O3/c1-2-3-14-6-7-17-18-15(11-28(17)21(14)31)16(12-29)19(20(30)26-10-13-4-5-13)27(18)9-8-22(23,24)25/h2-3,6-7,13,15-16,18-19,29H,4-5,8-12H2,1H3,(H,26,30)/b3-2-/t15-,16-,18+,19-/m0/s1. The molecule has 1 saturated carbocycles. The lowest BCUT2D eigenvalue weighted by atomic mass is 9.88. The van der Waals surface area contributed by atoms with Crippen LogP contribution in [-0.2, 0) is 11.3 Å². The Morgan fingerprint density at radius 2 is 2.06 bits per heavy atom. The first kappa shape index (κ1) is 22.1. The second-order valence-electron chi connectivity index (χ2n) is 8.82. The lowest BCUT2D eigenvalue weighted by Gasteiger charge is -2.31. The lowest BCUT2D eigenvalue weighted by Crippen LogP contribution is -2.49. The topological polar surface area (TPSA) is 74.6 Å². The largest absolute Gasteiger partial charge is 0.396 e. The second-order valence-corrected chi connectivity index (χ2v) is 8.82. The number of aromatic nitrogens is 1. The van der Waals surface area contributed by atoms with Crippen molar-refractivity contribution in [3.63, 3.8) is 0 Å². The van der Waals surface area contributed by atoms with Gasteiger partial charge < -0.3 is 15.0 Å². The fraction of sp³-hybridized carbons (Fsp3) is 0.636. The van der Waals surface area contributed by atoms with E-state index in [1.807, 2.05) is 0 Å². The van der Waals surface area contributed by atoms with Gasteiger partial charge in [0.25, 0.3) is 5.56 Å². The molecule has 2 fully saturated rings. The molecule has 0 radical (unpaired) electrons. The number of likely N-dealkylation sites (tertiary alicyclic amines) is 1. The summed E-state index contributed by atoms with van der Waals surface area (Å²) in [4.78, 5) is 27.4. The summed E-state index contributed by atoms with van der Waals surface area (Å²) >= 11 is 0. The predicted molar refractivity (Wildman–Crippen MR) is 109 cm³/mol. The van der Waals surface area contributed by atoms with Crippen LogP contribution < -0.4 is 10.9 Å². The second kappa shape index (κ2) is 8.43. The van der Waals surface area contributed by atoms with Gasteiger partial charge in [-0.3, -0.25) is 14.5 Å². The highest BCUT2D eigenvalue weighted by atomic mass is 19.4. The van der Waals surface area contributed by atoms with E-state index >= 15 is 0 Å². The first-order valence-corrected chi connectivity index (χ1v) is 10.8. The average Bonchev–Trinajstić information content (AvgIpc) is 3.39. The number of rotatable bonds is 7. The summed E-state index contributed by atoms with van der Waals surface area (Å²) in [6.45, 7) is 1.92. The van der Waals surface area contributed by atoms with E-state index in [4.69, 9.17) is 0 Å². The number of carbonyl (C=O) groups is 1. The monoisotopic (exact) mass is 439 g/mol. The molecule has 1 aromatic heterocycles. The summed E-state index contributed by atoms with van der Waals surface area (Å²) < 4.78 is 40.8. The highest BCUT2D eigenvalue weighted by Gasteiger charge is 2.55. The number of fused-ring (bicyclic) bond motifs is 3. The normalized spacial score (nSPS) is 28.2. The van der Waals surface area contributed by atoms with Gasteiger partial charge in [-0.2, -0.15) is 13.2 Å². The van der Waals surface area contributed by atoms with E-state index in [1.54, 1.807) is 40.7 Å². The third-order valence-electron chi connectivity index (χ3n) is 6.75. The fourth-order valence-corrected chi connectivity index (χ4v) is 5.12. The van der Waals surface area contributed by atoms with Crippen molar-refractivity contribution in [1.82, 2.24) is 14.8 Å². The Balaban J connectivity index is 1.69. The van der Waals surface area contributed by atoms with Gasteiger partial charge in [0.1, 0.15) is 0 Å². The molecule has 0 unspecified atom stereocenters. The van der Waals surface area contributed by atoms with Crippen LogP contribution in [0, 0.1) is 17.8 Å².